The van der Waals surface area contributed by atoms with Gasteiger partial charge in [-0.15, -0.1) is 0 Å². The van der Waals surface area contributed by atoms with Gasteiger partial charge in [0.1, 0.15) is 5.82 Å². The van der Waals surface area contributed by atoms with E-state index in [9.17, 15) is 14.7 Å². The molecular formula is C31H42FN3O5. The Morgan fingerprint density at radius 1 is 1.27 bits per heavy atom. The van der Waals surface area contributed by atoms with E-state index in [2.05, 4.69) is 15.4 Å². The van der Waals surface area contributed by atoms with Crippen LogP contribution < -0.4 is 10.6 Å². The number of nitrogens with one attached hydrogen (secondary N) is 2. The van der Waals surface area contributed by atoms with Crippen LogP contribution in [0.5, 0.6) is 0 Å². The fourth-order valence-corrected chi connectivity index (χ4v) is 5.97. The first-order valence-corrected chi connectivity index (χ1v) is 14.4. The van der Waals surface area contributed by atoms with E-state index in [4.69, 9.17) is 4.74 Å². The Balaban J connectivity index is 1.65. The third-order valence-electron chi connectivity index (χ3n) is 8.15. The summed E-state index contributed by atoms with van der Waals surface area (Å²) in [4.78, 5) is 26.7. The van der Waals surface area contributed by atoms with Crippen molar-refractivity contribution in [2.45, 2.75) is 57.2 Å². The number of carbonyl (C=O) groups excluding carboxylic acids is 2. The van der Waals surface area contributed by atoms with Crippen molar-refractivity contribution >= 4 is 12.0 Å². The number of morpholine rings is 1. The van der Waals surface area contributed by atoms with Crippen LogP contribution in [0.1, 0.15) is 50.2 Å². The molecule has 0 bridgehead atoms. The fraction of sp³-hybridized carbons (Fsp3) is 0.548. The Bertz CT molecular complexity index is 1160. The molecule has 2 aliphatic heterocycles. The number of hydrogen-bond donors (Lipinski definition) is 3. The van der Waals surface area contributed by atoms with Crippen LogP contribution in [0.25, 0.3) is 11.1 Å². The van der Waals surface area contributed by atoms with Crippen LogP contribution in [0.2, 0.25) is 0 Å². The minimum Gasteiger partial charge on any atom is -0.453 e. The number of benzene rings is 2. The number of piperidine rings is 1. The number of ether oxygens (including phenoxy) is 2. The highest BCUT2D eigenvalue weighted by Crippen LogP contribution is 2.44. The van der Waals surface area contributed by atoms with Crippen molar-refractivity contribution in [1.29, 1.82) is 0 Å². The maximum Gasteiger partial charge on any atom is 0.406 e. The number of nitrogens with zero attached hydrogens (tertiary/aromatic N) is 1. The van der Waals surface area contributed by atoms with E-state index in [1.165, 1.54) is 13.2 Å². The average molecular weight is 556 g/mol. The van der Waals surface area contributed by atoms with Gasteiger partial charge in [0.05, 0.1) is 31.8 Å². The van der Waals surface area contributed by atoms with Crippen molar-refractivity contribution in [2.24, 2.45) is 5.92 Å². The summed E-state index contributed by atoms with van der Waals surface area (Å²) < 4.78 is 26.0. The summed E-state index contributed by atoms with van der Waals surface area (Å²) in [5.41, 5.74) is 1.25. The second-order valence-electron chi connectivity index (χ2n) is 10.7. The molecule has 2 aromatic rings. The van der Waals surface area contributed by atoms with Crippen molar-refractivity contribution in [3.8, 4) is 11.1 Å². The average Bonchev–Trinajstić information content (AvgIpc) is 2.99. The van der Waals surface area contributed by atoms with Crippen LogP contribution >= 0.6 is 0 Å². The summed E-state index contributed by atoms with van der Waals surface area (Å²) in [6.45, 7) is 5.34. The number of alkyl carbamates (subject to hydrolysis) is 1. The summed E-state index contributed by atoms with van der Waals surface area (Å²) in [5, 5.41) is 18.5. The molecule has 0 radical (unpaired) electrons. The molecule has 2 saturated heterocycles. The molecule has 2 fully saturated rings. The van der Waals surface area contributed by atoms with Gasteiger partial charge in [0.15, 0.2) is 0 Å². The monoisotopic (exact) mass is 555 g/mol. The summed E-state index contributed by atoms with van der Waals surface area (Å²) in [5.74, 6) is -0.714. The lowest BCUT2D eigenvalue weighted by Gasteiger charge is -2.44. The van der Waals surface area contributed by atoms with E-state index in [1.54, 1.807) is 12.1 Å². The molecule has 218 valence electrons. The SMILES string of the molecule is CCc1cccc(-c2c(F)cccc2C(O)(CCCNC(=O)OC)[C@@H]2CCCN(C(=O)CC3CNCCO3)C2)c1. The van der Waals surface area contributed by atoms with Crippen molar-refractivity contribution in [3.05, 3.63) is 59.4 Å². The first kappa shape index (κ1) is 30.0. The molecule has 2 aliphatic rings. The molecule has 3 N–H and O–H groups in total. The van der Waals surface area contributed by atoms with Crippen molar-refractivity contribution in [2.75, 3.05) is 46.4 Å². The largest absolute Gasteiger partial charge is 0.453 e. The topological polar surface area (TPSA) is 100 Å². The Morgan fingerprint density at radius 2 is 2.10 bits per heavy atom. The highest BCUT2D eigenvalue weighted by Gasteiger charge is 2.43. The predicted molar refractivity (Wildman–Crippen MR) is 151 cm³/mol. The Kier molecular flexibility index (Phi) is 10.5. The summed E-state index contributed by atoms with van der Waals surface area (Å²) in [6.07, 6.45) is 2.55. The zero-order chi connectivity index (χ0) is 28.5. The van der Waals surface area contributed by atoms with Crippen LogP contribution in [0.3, 0.4) is 0 Å². The van der Waals surface area contributed by atoms with Crippen molar-refractivity contribution in [3.63, 3.8) is 0 Å². The molecule has 8 nitrogen and oxygen atoms in total. The highest BCUT2D eigenvalue weighted by atomic mass is 19.1. The second kappa shape index (κ2) is 14.1. The minimum absolute atomic E-state index is 0.00298. The Morgan fingerprint density at radius 3 is 2.85 bits per heavy atom. The predicted octanol–water partition coefficient (Wildman–Crippen LogP) is 4.00. The lowest BCUT2D eigenvalue weighted by atomic mass is 9.72. The van der Waals surface area contributed by atoms with Crippen LogP contribution in [-0.4, -0.2) is 74.6 Å². The van der Waals surface area contributed by atoms with E-state index in [-0.39, 0.29) is 30.8 Å². The van der Waals surface area contributed by atoms with E-state index in [1.807, 2.05) is 36.1 Å². The smallest absolute Gasteiger partial charge is 0.406 e. The maximum absolute atomic E-state index is 15.6. The molecule has 3 atom stereocenters. The number of aliphatic hydroxyl groups is 1. The van der Waals surface area contributed by atoms with Gasteiger partial charge >= 0.3 is 6.09 Å². The molecule has 9 heteroatoms. The molecule has 0 aromatic heterocycles. The third-order valence-corrected chi connectivity index (χ3v) is 8.15. The molecule has 2 aromatic carbocycles. The molecule has 0 aliphatic carbocycles. The highest BCUT2D eigenvalue weighted by molar-refractivity contribution is 5.77. The number of likely N-dealkylation sites (tertiary alicyclic amines) is 1. The lowest BCUT2D eigenvalue weighted by molar-refractivity contribution is -0.140. The van der Waals surface area contributed by atoms with Gasteiger partial charge in [-0.2, -0.15) is 0 Å². The Hall–Kier alpha value is -3.01. The van der Waals surface area contributed by atoms with Gasteiger partial charge in [0.25, 0.3) is 0 Å². The molecule has 0 spiro atoms. The van der Waals surface area contributed by atoms with Crippen LogP contribution in [0, 0.1) is 11.7 Å². The summed E-state index contributed by atoms with van der Waals surface area (Å²) in [7, 11) is 1.30. The molecule has 40 heavy (non-hydrogen) atoms. The zero-order valence-corrected chi connectivity index (χ0v) is 23.6. The Labute approximate surface area is 236 Å². The number of carbonyl (C=O) groups is 2. The van der Waals surface area contributed by atoms with E-state index in [0.717, 1.165) is 24.9 Å². The minimum atomic E-state index is -1.43. The first-order valence-electron chi connectivity index (χ1n) is 14.4. The second-order valence-corrected chi connectivity index (χ2v) is 10.7. The van der Waals surface area contributed by atoms with Gasteiger partial charge in [0.2, 0.25) is 5.91 Å². The van der Waals surface area contributed by atoms with E-state index < -0.39 is 17.5 Å². The van der Waals surface area contributed by atoms with Crippen molar-refractivity contribution in [1.82, 2.24) is 15.5 Å². The number of halogens is 1. The van der Waals surface area contributed by atoms with E-state index >= 15 is 4.39 Å². The molecular weight excluding hydrogens is 513 g/mol. The van der Waals surface area contributed by atoms with Crippen LogP contribution in [-0.2, 0) is 26.3 Å². The van der Waals surface area contributed by atoms with E-state index in [0.29, 0.717) is 62.3 Å². The lowest BCUT2D eigenvalue weighted by Crippen LogP contribution is -2.50. The number of methoxy groups -OCH3 is 1. The van der Waals surface area contributed by atoms with Gasteiger partial charge in [-0.05, 0) is 54.9 Å². The molecule has 0 saturated carbocycles. The van der Waals surface area contributed by atoms with Gasteiger partial charge < -0.3 is 30.1 Å². The maximum atomic E-state index is 15.6. The van der Waals surface area contributed by atoms with Crippen LogP contribution in [0.15, 0.2) is 42.5 Å². The fourth-order valence-electron chi connectivity index (χ4n) is 5.97. The standard InChI is InChI=1S/C31H42FN3O5/c1-3-22-8-4-9-23(18-22)29-26(11-5-12-27(29)32)31(38,13-7-14-34-30(37)39-2)24-10-6-16-35(21-24)28(36)19-25-20-33-15-17-40-25/h4-5,8-9,11-12,18,24-25,33,38H,3,6-7,10,13-17,19-21H2,1-2H3,(H,34,37)/t24-,25?,31?/m1/s1. The van der Waals surface area contributed by atoms with Gasteiger partial charge in [0, 0.05) is 44.2 Å². The molecule has 2 heterocycles. The molecule has 2 amide bonds. The number of amides is 2. The molecule has 4 rings (SSSR count). The quantitative estimate of drug-likeness (QED) is 0.384. The number of hydrogen-bond acceptors (Lipinski definition) is 6. The van der Waals surface area contributed by atoms with Crippen LogP contribution in [0.4, 0.5) is 9.18 Å². The third kappa shape index (κ3) is 7.19. The number of rotatable bonds is 10. The zero-order valence-electron chi connectivity index (χ0n) is 23.6. The van der Waals surface area contributed by atoms with Gasteiger partial charge in [-0.25, -0.2) is 9.18 Å². The van der Waals surface area contributed by atoms with Crippen molar-refractivity contribution < 1.29 is 28.6 Å². The summed E-state index contributed by atoms with van der Waals surface area (Å²) >= 11 is 0. The first-order chi connectivity index (χ1) is 19.4. The summed E-state index contributed by atoms with van der Waals surface area (Å²) in [6, 6.07) is 12.6. The molecule has 2 unspecified atom stereocenters. The van der Waals surface area contributed by atoms with Gasteiger partial charge in [-0.3, -0.25) is 4.79 Å². The normalized spacial score (nSPS) is 20.9. The number of aryl methyl sites for hydroxylation is 1. The van der Waals surface area contributed by atoms with Gasteiger partial charge in [-0.1, -0.05) is 43.3 Å².